The zero-order chi connectivity index (χ0) is 14.0. The predicted octanol–water partition coefficient (Wildman–Crippen LogP) is 3.24. The van der Waals surface area contributed by atoms with Gasteiger partial charge in [0, 0.05) is 11.6 Å². The van der Waals surface area contributed by atoms with Gasteiger partial charge in [0.25, 0.3) is 0 Å². The van der Waals surface area contributed by atoms with Crippen LogP contribution in [-0.2, 0) is 4.79 Å². The van der Waals surface area contributed by atoms with Crippen molar-refractivity contribution in [1.29, 1.82) is 0 Å². The van der Waals surface area contributed by atoms with Crippen molar-refractivity contribution in [3.63, 3.8) is 0 Å². The van der Waals surface area contributed by atoms with Crippen molar-refractivity contribution in [2.24, 2.45) is 0 Å². The minimum atomic E-state index is -0.0941. The predicted molar refractivity (Wildman–Crippen MR) is 78.7 cm³/mol. The first kappa shape index (κ1) is 17.4. The Labute approximate surface area is 113 Å². The molecule has 108 valence electrons. The molecule has 2 N–H and O–H groups in total. The molecule has 1 atom stereocenters. The van der Waals surface area contributed by atoms with Crippen LogP contribution in [0.4, 0.5) is 0 Å². The maximum Gasteiger partial charge on any atom is 0.234 e. The average molecular weight is 256 g/mol. The lowest BCUT2D eigenvalue weighted by Gasteiger charge is -2.25. The molecule has 18 heavy (non-hydrogen) atoms. The highest BCUT2D eigenvalue weighted by Gasteiger charge is 2.17. The Morgan fingerprint density at radius 3 is 2.39 bits per heavy atom. The van der Waals surface area contributed by atoms with Gasteiger partial charge in [0.15, 0.2) is 0 Å². The molecule has 0 aromatic heterocycles. The molecule has 0 aromatic carbocycles. The lowest BCUT2D eigenvalue weighted by molar-refractivity contribution is -0.122. The fraction of sp³-hybridized carbons (Fsp3) is 0.933. The molecule has 0 aliphatic heterocycles. The van der Waals surface area contributed by atoms with E-state index in [1.807, 2.05) is 0 Å². The van der Waals surface area contributed by atoms with Crippen molar-refractivity contribution in [2.75, 3.05) is 6.54 Å². The number of hydrogen-bond acceptors (Lipinski definition) is 2. The van der Waals surface area contributed by atoms with Crippen LogP contribution in [0.3, 0.4) is 0 Å². The zero-order valence-corrected chi connectivity index (χ0v) is 12.9. The van der Waals surface area contributed by atoms with Crippen LogP contribution in [-0.4, -0.2) is 24.0 Å². The van der Waals surface area contributed by atoms with Crippen molar-refractivity contribution in [2.45, 2.75) is 84.7 Å². The van der Waals surface area contributed by atoms with Gasteiger partial charge in [0.05, 0.1) is 6.54 Å². The summed E-state index contributed by atoms with van der Waals surface area (Å²) in [5, 5.41) is 6.33. The second-order valence-electron chi connectivity index (χ2n) is 5.92. The van der Waals surface area contributed by atoms with Gasteiger partial charge in [-0.1, -0.05) is 39.5 Å². The summed E-state index contributed by atoms with van der Waals surface area (Å²) in [5.74, 6) is 0.0993. The van der Waals surface area contributed by atoms with Crippen LogP contribution in [0.15, 0.2) is 0 Å². The van der Waals surface area contributed by atoms with Crippen LogP contribution in [0.5, 0.6) is 0 Å². The van der Waals surface area contributed by atoms with Crippen molar-refractivity contribution in [3.8, 4) is 0 Å². The quantitative estimate of drug-likeness (QED) is 0.589. The molecule has 1 unspecified atom stereocenters. The number of carbonyl (C=O) groups is 1. The molecule has 0 saturated heterocycles. The molecule has 0 aliphatic carbocycles. The van der Waals surface area contributed by atoms with Crippen LogP contribution in [0, 0.1) is 0 Å². The van der Waals surface area contributed by atoms with E-state index in [1.165, 1.54) is 25.7 Å². The van der Waals surface area contributed by atoms with E-state index in [1.54, 1.807) is 0 Å². The Balaban J connectivity index is 3.65. The summed E-state index contributed by atoms with van der Waals surface area (Å²) in [6.07, 6.45) is 7.26. The average Bonchev–Trinajstić information content (AvgIpc) is 2.31. The topological polar surface area (TPSA) is 41.1 Å². The van der Waals surface area contributed by atoms with Crippen LogP contribution in [0.25, 0.3) is 0 Å². The molecule has 0 fully saturated rings. The smallest absolute Gasteiger partial charge is 0.234 e. The molecule has 3 nitrogen and oxygen atoms in total. The molecule has 0 rings (SSSR count). The number of carbonyl (C=O) groups excluding carboxylic acids is 1. The lowest BCUT2D eigenvalue weighted by Crippen LogP contribution is -2.47. The Hall–Kier alpha value is -0.570. The first-order valence-electron chi connectivity index (χ1n) is 7.45. The van der Waals surface area contributed by atoms with E-state index in [4.69, 9.17) is 0 Å². The van der Waals surface area contributed by atoms with Crippen LogP contribution >= 0.6 is 0 Å². The highest BCUT2D eigenvalue weighted by molar-refractivity contribution is 5.78. The Bertz CT molecular complexity index is 227. The second kappa shape index (κ2) is 9.37. The van der Waals surface area contributed by atoms with Gasteiger partial charge in [0.1, 0.15) is 0 Å². The minimum absolute atomic E-state index is 0.0941. The zero-order valence-electron chi connectivity index (χ0n) is 12.9. The molecule has 0 bridgehead atoms. The van der Waals surface area contributed by atoms with Gasteiger partial charge in [0.2, 0.25) is 5.91 Å². The summed E-state index contributed by atoms with van der Waals surface area (Å²) < 4.78 is 0. The first-order valence-corrected chi connectivity index (χ1v) is 7.45. The SMILES string of the molecule is CCCCCCC(C)NCC(=O)NC(C)(C)CC. The maximum absolute atomic E-state index is 11.7. The highest BCUT2D eigenvalue weighted by Crippen LogP contribution is 2.07. The van der Waals surface area contributed by atoms with Crippen molar-refractivity contribution in [3.05, 3.63) is 0 Å². The normalized spacial score (nSPS) is 13.4. The summed E-state index contributed by atoms with van der Waals surface area (Å²) >= 11 is 0. The lowest BCUT2D eigenvalue weighted by atomic mass is 10.0. The summed E-state index contributed by atoms with van der Waals surface area (Å²) in [6, 6.07) is 0.428. The standard InChI is InChI=1S/C15H32N2O/c1-6-8-9-10-11-13(3)16-12-14(18)17-15(4,5)7-2/h13,16H,6-12H2,1-5H3,(H,17,18). The van der Waals surface area contributed by atoms with Crippen LogP contribution < -0.4 is 10.6 Å². The molecular formula is C15H32N2O. The van der Waals surface area contributed by atoms with Gasteiger partial charge in [-0.05, 0) is 33.6 Å². The molecular weight excluding hydrogens is 224 g/mol. The van der Waals surface area contributed by atoms with Gasteiger partial charge < -0.3 is 10.6 Å². The number of rotatable bonds is 10. The number of nitrogens with one attached hydrogen (secondary N) is 2. The van der Waals surface area contributed by atoms with Gasteiger partial charge in [-0.15, -0.1) is 0 Å². The van der Waals surface area contributed by atoms with Crippen LogP contribution in [0.1, 0.15) is 73.1 Å². The van der Waals surface area contributed by atoms with Gasteiger partial charge in [-0.25, -0.2) is 0 Å². The second-order valence-corrected chi connectivity index (χ2v) is 5.92. The Morgan fingerprint density at radius 1 is 1.17 bits per heavy atom. The number of unbranched alkanes of at least 4 members (excludes halogenated alkanes) is 3. The van der Waals surface area contributed by atoms with Gasteiger partial charge in [-0.3, -0.25) is 4.79 Å². The fourth-order valence-corrected chi connectivity index (χ4v) is 1.76. The Morgan fingerprint density at radius 2 is 1.83 bits per heavy atom. The van der Waals surface area contributed by atoms with E-state index in [0.717, 1.165) is 12.8 Å². The third kappa shape index (κ3) is 9.46. The third-order valence-corrected chi connectivity index (χ3v) is 3.46. The molecule has 0 aliphatic rings. The molecule has 0 saturated carbocycles. The van der Waals surface area contributed by atoms with E-state index in [-0.39, 0.29) is 11.4 Å². The van der Waals surface area contributed by atoms with Crippen molar-refractivity contribution < 1.29 is 4.79 Å². The minimum Gasteiger partial charge on any atom is -0.350 e. The monoisotopic (exact) mass is 256 g/mol. The van der Waals surface area contributed by atoms with Crippen molar-refractivity contribution in [1.82, 2.24) is 10.6 Å². The molecule has 0 radical (unpaired) electrons. The third-order valence-electron chi connectivity index (χ3n) is 3.46. The number of hydrogen-bond donors (Lipinski definition) is 2. The summed E-state index contributed by atoms with van der Waals surface area (Å²) in [4.78, 5) is 11.7. The molecule has 1 amide bonds. The van der Waals surface area contributed by atoms with Gasteiger partial charge >= 0.3 is 0 Å². The summed E-state index contributed by atoms with van der Waals surface area (Å²) in [5.41, 5.74) is -0.0941. The molecule has 0 spiro atoms. The maximum atomic E-state index is 11.7. The molecule has 0 aromatic rings. The summed E-state index contributed by atoms with van der Waals surface area (Å²) in [6.45, 7) is 11.0. The van der Waals surface area contributed by atoms with E-state index in [9.17, 15) is 4.79 Å². The molecule has 3 heteroatoms. The summed E-state index contributed by atoms with van der Waals surface area (Å²) in [7, 11) is 0. The highest BCUT2D eigenvalue weighted by atomic mass is 16.2. The van der Waals surface area contributed by atoms with Gasteiger partial charge in [-0.2, -0.15) is 0 Å². The molecule has 0 heterocycles. The Kier molecular flexibility index (Phi) is 9.08. The van der Waals surface area contributed by atoms with E-state index in [2.05, 4.69) is 45.3 Å². The largest absolute Gasteiger partial charge is 0.350 e. The van der Waals surface area contributed by atoms with E-state index >= 15 is 0 Å². The van der Waals surface area contributed by atoms with Crippen molar-refractivity contribution >= 4 is 5.91 Å². The number of amides is 1. The first-order chi connectivity index (χ1) is 8.41. The van der Waals surface area contributed by atoms with E-state index < -0.39 is 0 Å². The van der Waals surface area contributed by atoms with Crippen LogP contribution in [0.2, 0.25) is 0 Å². The fourth-order valence-electron chi connectivity index (χ4n) is 1.76. The van der Waals surface area contributed by atoms with E-state index in [0.29, 0.717) is 12.6 Å².